The lowest BCUT2D eigenvalue weighted by Crippen LogP contribution is -2.44. The minimum atomic E-state index is -3.49. The van der Waals surface area contributed by atoms with Crippen molar-refractivity contribution in [2.75, 3.05) is 27.6 Å². The number of halogens is 1. The molecule has 0 aliphatic carbocycles. The zero-order chi connectivity index (χ0) is 25.7. The summed E-state index contributed by atoms with van der Waals surface area (Å²) in [5.41, 5.74) is -2.17. The smallest absolute Gasteiger partial charge is 0.324 e. The van der Waals surface area contributed by atoms with Gasteiger partial charge in [0.2, 0.25) is 0 Å². The van der Waals surface area contributed by atoms with Crippen molar-refractivity contribution in [3.05, 3.63) is 58.6 Å². The average molecular weight is 511 g/mol. The van der Waals surface area contributed by atoms with Crippen molar-refractivity contribution in [3.8, 4) is 5.75 Å². The molecule has 0 aliphatic rings. The van der Waals surface area contributed by atoms with Crippen molar-refractivity contribution in [2.24, 2.45) is 5.41 Å². The fraction of sp³-hybridized carbons (Fsp3) is 0.304. The highest BCUT2D eigenvalue weighted by Gasteiger charge is 2.51. The molecule has 0 atom stereocenters. The first kappa shape index (κ1) is 27.0. The van der Waals surface area contributed by atoms with Crippen molar-refractivity contribution in [2.45, 2.75) is 17.7 Å². The zero-order valence-corrected chi connectivity index (χ0v) is 20.5. The van der Waals surface area contributed by atoms with Gasteiger partial charge in [-0.25, -0.2) is 8.42 Å². The number of carbonyl (C=O) groups is 4. The molecule has 0 spiro atoms. The van der Waals surface area contributed by atoms with Gasteiger partial charge >= 0.3 is 11.9 Å². The van der Waals surface area contributed by atoms with Gasteiger partial charge in [0.1, 0.15) is 5.75 Å². The molecule has 2 aromatic rings. The van der Waals surface area contributed by atoms with Gasteiger partial charge in [-0.15, -0.1) is 0 Å². The fourth-order valence-corrected chi connectivity index (χ4v) is 4.19. The van der Waals surface area contributed by atoms with Gasteiger partial charge in [-0.05, 0) is 30.3 Å². The molecule has 9 nitrogen and oxygen atoms in total. The van der Waals surface area contributed by atoms with Crippen LogP contribution in [-0.4, -0.2) is 59.5 Å². The molecule has 2 aromatic carbocycles. The molecule has 0 amide bonds. The number of hydrogen-bond acceptors (Lipinski definition) is 9. The van der Waals surface area contributed by atoms with Crippen LogP contribution in [0.5, 0.6) is 5.75 Å². The van der Waals surface area contributed by atoms with Gasteiger partial charge in [-0.3, -0.25) is 19.2 Å². The number of esters is 2. The number of hydrogen-bond donors (Lipinski definition) is 0. The normalized spacial score (nSPS) is 11.4. The van der Waals surface area contributed by atoms with Crippen molar-refractivity contribution in [3.63, 3.8) is 0 Å². The highest BCUT2D eigenvalue weighted by Crippen LogP contribution is 2.35. The number of ether oxygens (including phenoxy) is 3. The van der Waals surface area contributed by atoms with Gasteiger partial charge in [-0.1, -0.05) is 23.7 Å². The molecule has 0 fully saturated rings. The second-order valence-corrected chi connectivity index (χ2v) is 9.83. The molecule has 0 N–H and O–H groups in total. The lowest BCUT2D eigenvalue weighted by Gasteiger charge is -2.27. The quantitative estimate of drug-likeness (QED) is 0.269. The first-order valence-electron chi connectivity index (χ1n) is 9.76. The monoisotopic (exact) mass is 510 g/mol. The average Bonchev–Trinajstić information content (AvgIpc) is 2.81. The minimum absolute atomic E-state index is 0.0113. The highest BCUT2D eigenvalue weighted by molar-refractivity contribution is 7.90. The second-order valence-electron chi connectivity index (χ2n) is 7.41. The van der Waals surface area contributed by atoms with Crippen LogP contribution in [0.15, 0.2) is 47.4 Å². The molecular weight excluding hydrogens is 488 g/mol. The van der Waals surface area contributed by atoms with Gasteiger partial charge in [0.25, 0.3) is 0 Å². The molecule has 182 valence electrons. The second kappa shape index (κ2) is 10.8. The van der Waals surface area contributed by atoms with Crippen LogP contribution in [0, 0.1) is 5.41 Å². The third kappa shape index (κ3) is 5.81. The molecule has 11 heteroatoms. The van der Waals surface area contributed by atoms with E-state index in [9.17, 15) is 27.6 Å². The maximum absolute atomic E-state index is 13.0. The van der Waals surface area contributed by atoms with E-state index < -0.39 is 51.6 Å². The zero-order valence-electron chi connectivity index (χ0n) is 18.9. The van der Waals surface area contributed by atoms with E-state index in [1.54, 1.807) is 0 Å². The van der Waals surface area contributed by atoms with E-state index in [1.165, 1.54) is 49.6 Å². The number of methoxy groups -OCH3 is 3. The molecule has 0 unspecified atom stereocenters. The van der Waals surface area contributed by atoms with E-state index in [4.69, 9.17) is 25.8 Å². The minimum Gasteiger partial charge on any atom is -0.495 e. The summed E-state index contributed by atoms with van der Waals surface area (Å²) in [4.78, 5) is 51.6. The molecule has 0 saturated heterocycles. The van der Waals surface area contributed by atoms with Crippen LogP contribution in [0.3, 0.4) is 0 Å². The third-order valence-electron chi connectivity index (χ3n) is 5.16. The fourth-order valence-electron chi connectivity index (χ4n) is 3.31. The van der Waals surface area contributed by atoms with E-state index in [-0.39, 0.29) is 21.0 Å². The van der Waals surface area contributed by atoms with Crippen LogP contribution < -0.4 is 4.74 Å². The number of carbonyl (C=O) groups excluding carboxylic acids is 4. The molecule has 0 bridgehead atoms. The van der Waals surface area contributed by atoms with E-state index in [0.717, 1.165) is 20.5 Å². The lowest BCUT2D eigenvalue weighted by atomic mass is 9.76. The van der Waals surface area contributed by atoms with E-state index in [0.29, 0.717) is 5.75 Å². The van der Waals surface area contributed by atoms with Gasteiger partial charge in [-0.2, -0.15) is 0 Å². The summed E-state index contributed by atoms with van der Waals surface area (Å²) in [6.07, 6.45) is -0.469. The largest absolute Gasteiger partial charge is 0.495 e. The summed E-state index contributed by atoms with van der Waals surface area (Å²) < 4.78 is 37.9. The van der Waals surface area contributed by atoms with Gasteiger partial charge in [0.15, 0.2) is 26.8 Å². The van der Waals surface area contributed by atoms with Crippen molar-refractivity contribution in [1.82, 2.24) is 0 Å². The Bertz CT molecular complexity index is 1200. The van der Waals surface area contributed by atoms with Gasteiger partial charge in [0.05, 0.1) is 31.2 Å². The van der Waals surface area contributed by atoms with E-state index >= 15 is 0 Å². The van der Waals surface area contributed by atoms with Gasteiger partial charge in [0, 0.05) is 30.2 Å². The molecule has 2 rings (SSSR count). The predicted octanol–water partition coefficient (Wildman–Crippen LogP) is 2.93. The number of sulfone groups is 1. The Balaban J connectivity index is 2.47. The van der Waals surface area contributed by atoms with Crippen LogP contribution in [0.25, 0.3) is 0 Å². The maximum atomic E-state index is 13.0. The summed E-state index contributed by atoms with van der Waals surface area (Å²) in [5, 5.41) is 0.136. The standard InChI is InChI=1S/C23H23ClO9S/c1-31-20-10-7-15(11-17(20)24)19(26)13-23(21(27)32-2,22(28)33-3)12-18(25)14-5-8-16(9-6-14)34(4,29)30/h5-11H,12-13H2,1-4H3. The van der Waals surface area contributed by atoms with E-state index in [2.05, 4.69) is 0 Å². The van der Waals surface area contributed by atoms with Crippen molar-refractivity contribution in [1.29, 1.82) is 0 Å². The highest BCUT2D eigenvalue weighted by atomic mass is 35.5. The Kier molecular flexibility index (Phi) is 8.57. The van der Waals surface area contributed by atoms with Crippen molar-refractivity contribution >= 4 is 44.9 Å². The summed E-state index contributed by atoms with van der Waals surface area (Å²) in [5.74, 6) is -3.31. The summed E-state index contributed by atoms with van der Waals surface area (Å²) in [6.45, 7) is 0. The summed E-state index contributed by atoms with van der Waals surface area (Å²) in [7, 11) is -0.0671. The first-order valence-corrected chi connectivity index (χ1v) is 12.0. The molecule has 0 aromatic heterocycles. The lowest BCUT2D eigenvalue weighted by molar-refractivity contribution is -0.168. The predicted molar refractivity (Wildman–Crippen MR) is 122 cm³/mol. The number of ketones is 2. The first-order chi connectivity index (χ1) is 15.9. The van der Waals surface area contributed by atoms with Crippen LogP contribution in [0.2, 0.25) is 5.02 Å². The Morgan fingerprint density at radius 3 is 1.71 bits per heavy atom. The summed E-state index contributed by atoms with van der Waals surface area (Å²) >= 11 is 6.08. The molecule has 0 heterocycles. The van der Waals surface area contributed by atoms with Crippen LogP contribution >= 0.6 is 11.6 Å². The molecule has 34 heavy (non-hydrogen) atoms. The topological polar surface area (TPSA) is 130 Å². The Morgan fingerprint density at radius 2 is 1.29 bits per heavy atom. The number of rotatable bonds is 10. The molecular formula is C23H23ClO9S. The Morgan fingerprint density at radius 1 is 0.824 bits per heavy atom. The Hall–Kier alpha value is -3.24. The van der Waals surface area contributed by atoms with Crippen LogP contribution in [-0.2, 0) is 28.9 Å². The maximum Gasteiger partial charge on any atom is 0.324 e. The van der Waals surface area contributed by atoms with Crippen LogP contribution in [0.1, 0.15) is 33.6 Å². The number of Topliss-reactive ketones (excluding diaryl/α,β-unsaturated/α-hetero) is 2. The molecule has 0 aliphatic heterocycles. The molecule has 0 saturated carbocycles. The van der Waals surface area contributed by atoms with Crippen molar-refractivity contribution < 1.29 is 41.8 Å². The third-order valence-corrected chi connectivity index (χ3v) is 6.58. The number of benzene rings is 2. The molecule has 0 radical (unpaired) electrons. The Labute approximate surface area is 201 Å². The summed E-state index contributed by atoms with van der Waals surface area (Å²) in [6, 6.07) is 9.12. The SMILES string of the molecule is COC(=O)C(CC(=O)c1ccc(S(C)(=O)=O)cc1)(CC(=O)c1ccc(OC)c(Cl)c1)C(=O)OC. The van der Waals surface area contributed by atoms with Gasteiger partial charge < -0.3 is 14.2 Å². The van der Waals surface area contributed by atoms with Crippen LogP contribution in [0.4, 0.5) is 0 Å². The van der Waals surface area contributed by atoms with E-state index in [1.807, 2.05) is 0 Å².